The summed E-state index contributed by atoms with van der Waals surface area (Å²) in [5.74, 6) is 0.505. The largest absolute Gasteiger partial charge is 0.342 e. The Hall–Kier alpha value is -1.21. The predicted octanol–water partition coefficient (Wildman–Crippen LogP) is 3.07. The maximum absolute atomic E-state index is 12.1. The zero-order valence-corrected chi connectivity index (χ0v) is 12.5. The van der Waals surface area contributed by atoms with Gasteiger partial charge in [0.25, 0.3) is 5.91 Å². The molecule has 0 aliphatic heterocycles. The number of anilines is 1. The molecule has 2 rings (SSSR count). The van der Waals surface area contributed by atoms with Crippen molar-refractivity contribution in [3.63, 3.8) is 0 Å². The Labute approximate surface area is 118 Å². The summed E-state index contributed by atoms with van der Waals surface area (Å²) in [5, 5.41) is 3.28. The first-order valence-corrected chi connectivity index (χ1v) is 7.14. The zero-order valence-electron chi connectivity index (χ0n) is 10.1. The fourth-order valence-corrected chi connectivity index (χ4v) is 2.63. The van der Waals surface area contributed by atoms with Gasteiger partial charge in [-0.2, -0.15) is 4.37 Å². The smallest absolute Gasteiger partial charge is 0.274 e. The number of aromatic nitrogens is 3. The maximum atomic E-state index is 12.1. The lowest BCUT2D eigenvalue weighted by atomic mass is 10.4. The van der Waals surface area contributed by atoms with E-state index in [0.717, 1.165) is 17.4 Å². The molecule has 0 aliphatic rings. The number of carbonyl (C=O) groups is 1. The molecule has 2 aromatic rings. The summed E-state index contributed by atoms with van der Waals surface area (Å²) >= 11 is 4.57. The number of carbonyl (C=O) groups excluding carboxylic acids is 1. The second-order valence-electron chi connectivity index (χ2n) is 3.84. The first kappa shape index (κ1) is 13.2. The van der Waals surface area contributed by atoms with E-state index in [4.69, 9.17) is 0 Å². The quantitative estimate of drug-likeness (QED) is 0.938. The number of aryl methyl sites for hydroxylation is 2. The Kier molecular flexibility index (Phi) is 4.13. The monoisotopic (exact) mass is 328 g/mol. The number of amides is 1. The van der Waals surface area contributed by atoms with E-state index < -0.39 is 0 Å². The topological polar surface area (TPSA) is 59.8 Å². The van der Waals surface area contributed by atoms with Crippen molar-refractivity contribution in [1.82, 2.24) is 13.9 Å². The molecule has 0 atom stereocenters. The lowest BCUT2D eigenvalue weighted by Gasteiger charge is -2.06. The van der Waals surface area contributed by atoms with Crippen molar-refractivity contribution < 1.29 is 4.79 Å². The fraction of sp³-hybridized carbons (Fsp3) is 0.364. The molecule has 2 aromatic heterocycles. The molecule has 5 nitrogen and oxygen atoms in total. The van der Waals surface area contributed by atoms with Crippen LogP contribution in [-0.4, -0.2) is 19.8 Å². The average Bonchev–Trinajstić information content (AvgIpc) is 2.86. The number of nitrogens with one attached hydrogen (secondary N) is 1. The lowest BCUT2D eigenvalue weighted by Crippen LogP contribution is -2.16. The second-order valence-corrected chi connectivity index (χ2v) is 5.51. The molecule has 0 aliphatic carbocycles. The van der Waals surface area contributed by atoms with Gasteiger partial charge in [0, 0.05) is 28.7 Å². The maximum Gasteiger partial charge on any atom is 0.274 e. The minimum Gasteiger partial charge on any atom is -0.342 e. The molecule has 0 saturated heterocycles. The predicted molar refractivity (Wildman–Crippen MR) is 75.0 cm³/mol. The summed E-state index contributed by atoms with van der Waals surface area (Å²) in [6, 6.07) is 1.80. The number of hydrogen-bond acceptors (Lipinski definition) is 4. The van der Waals surface area contributed by atoms with Gasteiger partial charge in [0.2, 0.25) is 5.13 Å². The van der Waals surface area contributed by atoms with E-state index in [2.05, 4.69) is 37.5 Å². The van der Waals surface area contributed by atoms with Crippen LogP contribution in [0.2, 0.25) is 0 Å². The Bertz CT molecular complexity index is 563. The van der Waals surface area contributed by atoms with Crippen LogP contribution in [0.3, 0.4) is 0 Å². The molecule has 0 radical (unpaired) electrons. The van der Waals surface area contributed by atoms with Crippen molar-refractivity contribution in [1.29, 1.82) is 0 Å². The van der Waals surface area contributed by atoms with Gasteiger partial charge in [0.15, 0.2) is 0 Å². The third-order valence-corrected chi connectivity index (χ3v) is 3.46. The summed E-state index contributed by atoms with van der Waals surface area (Å²) in [5.41, 5.74) is 0.622. The lowest BCUT2D eigenvalue weighted by molar-refractivity contribution is 0.101. The van der Waals surface area contributed by atoms with E-state index in [0.29, 0.717) is 16.6 Å². The van der Waals surface area contributed by atoms with Gasteiger partial charge in [0.1, 0.15) is 11.5 Å². The molecule has 0 unspecified atom stereocenters. The first-order valence-electron chi connectivity index (χ1n) is 5.57. The molecular formula is C11H13BrN4OS. The highest BCUT2D eigenvalue weighted by molar-refractivity contribution is 9.10. The van der Waals surface area contributed by atoms with Crippen LogP contribution in [0.25, 0.3) is 0 Å². The van der Waals surface area contributed by atoms with Crippen molar-refractivity contribution in [3.05, 3.63) is 28.3 Å². The number of halogens is 1. The van der Waals surface area contributed by atoms with Crippen molar-refractivity contribution in [3.8, 4) is 0 Å². The molecule has 0 saturated carbocycles. The van der Waals surface area contributed by atoms with Crippen LogP contribution in [0.1, 0.15) is 29.7 Å². The Morgan fingerprint density at radius 1 is 1.61 bits per heavy atom. The van der Waals surface area contributed by atoms with Crippen LogP contribution >= 0.6 is 27.5 Å². The Balaban J connectivity index is 2.17. The normalized spacial score (nSPS) is 10.6. The molecule has 18 heavy (non-hydrogen) atoms. The van der Waals surface area contributed by atoms with E-state index in [-0.39, 0.29) is 5.91 Å². The van der Waals surface area contributed by atoms with Gasteiger partial charge < -0.3 is 4.57 Å². The minimum atomic E-state index is -0.162. The van der Waals surface area contributed by atoms with Gasteiger partial charge in [-0.05, 0) is 35.3 Å². The van der Waals surface area contributed by atoms with Gasteiger partial charge >= 0.3 is 0 Å². The Morgan fingerprint density at radius 2 is 2.39 bits per heavy atom. The van der Waals surface area contributed by atoms with E-state index in [1.807, 2.05) is 10.8 Å². The number of rotatable bonds is 4. The highest BCUT2D eigenvalue weighted by Gasteiger charge is 2.14. The van der Waals surface area contributed by atoms with Gasteiger partial charge in [-0.1, -0.05) is 6.92 Å². The van der Waals surface area contributed by atoms with Crippen LogP contribution in [0.5, 0.6) is 0 Å². The van der Waals surface area contributed by atoms with Crippen LogP contribution in [0, 0.1) is 6.92 Å². The number of nitrogens with zero attached hydrogens (tertiary/aromatic N) is 3. The standard InChI is InChI=1S/C11H13BrN4OS/c1-3-4-16-6-8(12)5-9(16)10(17)14-11-13-7(2)15-18-11/h5-6H,3-4H2,1-2H3,(H,13,14,15,17). The summed E-state index contributed by atoms with van der Waals surface area (Å²) in [6.07, 6.45) is 2.88. The minimum absolute atomic E-state index is 0.162. The van der Waals surface area contributed by atoms with E-state index in [9.17, 15) is 4.79 Å². The fourth-order valence-electron chi connectivity index (χ4n) is 1.60. The van der Waals surface area contributed by atoms with Crippen molar-refractivity contribution in [2.45, 2.75) is 26.8 Å². The van der Waals surface area contributed by atoms with Gasteiger partial charge in [-0.3, -0.25) is 10.1 Å². The summed E-state index contributed by atoms with van der Waals surface area (Å²) in [7, 11) is 0. The molecule has 2 heterocycles. The van der Waals surface area contributed by atoms with E-state index in [1.54, 1.807) is 13.0 Å². The van der Waals surface area contributed by atoms with E-state index in [1.165, 1.54) is 11.5 Å². The van der Waals surface area contributed by atoms with Gasteiger partial charge in [-0.25, -0.2) is 4.98 Å². The van der Waals surface area contributed by atoms with Gasteiger partial charge in [0.05, 0.1) is 0 Å². The molecule has 0 fully saturated rings. The highest BCUT2D eigenvalue weighted by atomic mass is 79.9. The summed E-state index contributed by atoms with van der Waals surface area (Å²) in [6.45, 7) is 4.68. The second kappa shape index (κ2) is 5.62. The molecular weight excluding hydrogens is 316 g/mol. The molecule has 0 spiro atoms. The van der Waals surface area contributed by atoms with Gasteiger partial charge in [-0.15, -0.1) is 0 Å². The molecule has 96 valence electrons. The van der Waals surface area contributed by atoms with Crippen LogP contribution < -0.4 is 5.32 Å². The third kappa shape index (κ3) is 2.97. The van der Waals surface area contributed by atoms with Crippen molar-refractivity contribution in [2.24, 2.45) is 0 Å². The molecule has 0 aromatic carbocycles. The van der Waals surface area contributed by atoms with Crippen LogP contribution in [0.15, 0.2) is 16.7 Å². The summed E-state index contributed by atoms with van der Waals surface area (Å²) < 4.78 is 6.85. The summed E-state index contributed by atoms with van der Waals surface area (Å²) in [4.78, 5) is 16.2. The van der Waals surface area contributed by atoms with Crippen molar-refractivity contribution in [2.75, 3.05) is 5.32 Å². The molecule has 0 bridgehead atoms. The highest BCUT2D eigenvalue weighted by Crippen LogP contribution is 2.18. The molecule has 1 amide bonds. The third-order valence-electron chi connectivity index (χ3n) is 2.31. The van der Waals surface area contributed by atoms with Crippen LogP contribution in [0.4, 0.5) is 5.13 Å². The van der Waals surface area contributed by atoms with Crippen molar-refractivity contribution >= 4 is 38.5 Å². The molecule has 1 N–H and O–H groups in total. The SMILES string of the molecule is CCCn1cc(Br)cc1C(=O)Nc1nc(C)ns1. The number of hydrogen-bond donors (Lipinski definition) is 1. The molecule has 7 heteroatoms. The Morgan fingerprint density at radius 3 is 3.00 bits per heavy atom. The first-order chi connectivity index (χ1) is 8.60. The van der Waals surface area contributed by atoms with Crippen LogP contribution in [-0.2, 0) is 6.54 Å². The average molecular weight is 329 g/mol. The van der Waals surface area contributed by atoms with E-state index >= 15 is 0 Å². The zero-order chi connectivity index (χ0) is 13.1.